The first kappa shape index (κ1) is 24.6. The Morgan fingerprint density at radius 3 is 2.28 bits per heavy atom. The predicted molar refractivity (Wildman–Crippen MR) is 125 cm³/mol. The fourth-order valence-electron chi connectivity index (χ4n) is 4.19. The summed E-state index contributed by atoms with van der Waals surface area (Å²) in [4.78, 5) is 31.0. The molecule has 0 saturated carbocycles. The second kappa shape index (κ2) is 10.3. The maximum absolute atomic E-state index is 12.8. The zero-order chi connectivity index (χ0) is 23.5. The first-order valence-corrected chi connectivity index (χ1v) is 11.8. The molecule has 0 radical (unpaired) electrons. The molecule has 0 aliphatic carbocycles. The van der Waals surface area contributed by atoms with Crippen molar-refractivity contribution in [1.82, 2.24) is 14.7 Å². The highest BCUT2D eigenvalue weighted by Crippen LogP contribution is 2.29. The van der Waals surface area contributed by atoms with Gasteiger partial charge in [-0.05, 0) is 56.9 Å². The summed E-state index contributed by atoms with van der Waals surface area (Å²) in [6, 6.07) is 4.25. The highest BCUT2D eigenvalue weighted by molar-refractivity contribution is 6.31. The van der Waals surface area contributed by atoms with Crippen LogP contribution in [0, 0.1) is 0 Å². The van der Waals surface area contributed by atoms with Gasteiger partial charge in [0.1, 0.15) is 11.4 Å². The van der Waals surface area contributed by atoms with Crippen LogP contribution in [0.5, 0.6) is 5.75 Å². The van der Waals surface area contributed by atoms with Crippen molar-refractivity contribution < 1.29 is 19.1 Å². The van der Waals surface area contributed by atoms with Crippen LogP contribution in [0.3, 0.4) is 0 Å². The van der Waals surface area contributed by atoms with Gasteiger partial charge in [-0.2, -0.15) is 0 Å². The lowest BCUT2D eigenvalue weighted by Gasteiger charge is -2.48. The Balaban J connectivity index is 1.43. The highest BCUT2D eigenvalue weighted by Gasteiger charge is 2.38. The number of ether oxygens (including phenoxy) is 2. The molecule has 0 atom stereocenters. The fourth-order valence-corrected chi connectivity index (χ4v) is 4.51. The second-order valence-corrected chi connectivity index (χ2v) is 9.97. The van der Waals surface area contributed by atoms with Gasteiger partial charge in [0.15, 0.2) is 0 Å². The van der Waals surface area contributed by atoms with Gasteiger partial charge in [-0.1, -0.05) is 18.5 Å². The van der Waals surface area contributed by atoms with Crippen molar-refractivity contribution in [2.24, 2.45) is 0 Å². The summed E-state index contributed by atoms with van der Waals surface area (Å²) in [7, 11) is 1.65. The molecule has 2 amide bonds. The summed E-state index contributed by atoms with van der Waals surface area (Å²) in [5.41, 5.74) is 1.55. The van der Waals surface area contributed by atoms with E-state index < -0.39 is 5.60 Å². The van der Waals surface area contributed by atoms with Crippen molar-refractivity contribution in [2.75, 3.05) is 46.4 Å². The first-order chi connectivity index (χ1) is 15.1. The van der Waals surface area contributed by atoms with Crippen molar-refractivity contribution in [3.8, 4) is 5.75 Å². The zero-order valence-electron chi connectivity index (χ0n) is 19.9. The molecule has 2 heterocycles. The average Bonchev–Trinajstić information content (AvgIpc) is 2.70. The van der Waals surface area contributed by atoms with Crippen LogP contribution < -0.4 is 4.74 Å². The van der Waals surface area contributed by atoms with E-state index in [1.165, 1.54) is 0 Å². The molecule has 8 heteroatoms. The van der Waals surface area contributed by atoms with Crippen LogP contribution in [0.2, 0.25) is 5.02 Å². The Labute approximate surface area is 196 Å². The summed E-state index contributed by atoms with van der Waals surface area (Å²) in [5.74, 6) is 0.953. The van der Waals surface area contributed by atoms with E-state index >= 15 is 0 Å². The molecule has 0 bridgehead atoms. The molecule has 0 aromatic heterocycles. The van der Waals surface area contributed by atoms with Crippen molar-refractivity contribution in [3.05, 3.63) is 28.3 Å². The smallest absolute Gasteiger partial charge is 0.410 e. The Morgan fingerprint density at radius 2 is 1.72 bits per heavy atom. The van der Waals surface area contributed by atoms with E-state index in [1.807, 2.05) is 37.8 Å². The first-order valence-electron chi connectivity index (χ1n) is 11.5. The van der Waals surface area contributed by atoms with Crippen LogP contribution in [0.1, 0.15) is 45.2 Å². The number of piperazine rings is 1. The van der Waals surface area contributed by atoms with Gasteiger partial charge in [-0.3, -0.25) is 9.69 Å². The summed E-state index contributed by atoms with van der Waals surface area (Å²) < 4.78 is 10.9. The van der Waals surface area contributed by atoms with Gasteiger partial charge in [0.25, 0.3) is 0 Å². The third kappa shape index (κ3) is 6.07. The largest absolute Gasteiger partial charge is 0.496 e. The minimum absolute atomic E-state index is 0.159. The third-order valence-electron chi connectivity index (χ3n) is 6.14. The number of amides is 2. The standard InChI is InChI=1S/C24H36ClN3O4/c1-6-17-14-21(31-5)18(13-20(17)25)7-8-22(29)27-11-9-26(10-12-27)19-15-28(16-19)23(30)32-24(2,3)4/h13-14,19H,6-12,15-16H2,1-5H3. The number of halogens is 1. The molecular weight excluding hydrogens is 430 g/mol. The zero-order valence-corrected chi connectivity index (χ0v) is 20.7. The number of likely N-dealkylation sites (tertiary alicyclic amines) is 1. The minimum atomic E-state index is -0.471. The van der Waals surface area contributed by atoms with Gasteiger partial charge in [0.2, 0.25) is 5.91 Å². The second-order valence-electron chi connectivity index (χ2n) is 9.56. The van der Waals surface area contributed by atoms with Gasteiger partial charge in [0.05, 0.1) is 7.11 Å². The Kier molecular flexibility index (Phi) is 7.93. The molecule has 1 aromatic rings. The van der Waals surface area contributed by atoms with Crippen molar-refractivity contribution in [3.63, 3.8) is 0 Å². The molecule has 2 fully saturated rings. The highest BCUT2D eigenvalue weighted by atomic mass is 35.5. The molecule has 2 saturated heterocycles. The minimum Gasteiger partial charge on any atom is -0.496 e. The normalized spacial score (nSPS) is 17.8. The number of hydrogen-bond donors (Lipinski definition) is 0. The number of carbonyl (C=O) groups is 2. The van der Waals surface area contributed by atoms with E-state index in [9.17, 15) is 9.59 Å². The maximum atomic E-state index is 12.8. The predicted octanol–water partition coefficient (Wildman–Crippen LogP) is 3.61. The molecule has 0 N–H and O–H groups in total. The summed E-state index contributed by atoms with van der Waals surface area (Å²) in [6.07, 6.45) is 1.65. The summed E-state index contributed by atoms with van der Waals surface area (Å²) in [6.45, 7) is 12.2. The number of hydrogen-bond acceptors (Lipinski definition) is 5. The van der Waals surface area contributed by atoms with Gasteiger partial charge in [-0.15, -0.1) is 0 Å². The SMILES string of the molecule is CCc1cc(OC)c(CCC(=O)N2CCN(C3CN(C(=O)OC(C)(C)C)C3)CC2)cc1Cl. The molecule has 2 aliphatic rings. The van der Waals surface area contributed by atoms with Gasteiger partial charge in [0, 0.05) is 56.8 Å². The molecule has 32 heavy (non-hydrogen) atoms. The van der Waals surface area contributed by atoms with Crippen molar-refractivity contribution in [2.45, 2.75) is 58.6 Å². The van der Waals surface area contributed by atoms with Gasteiger partial charge in [-0.25, -0.2) is 4.79 Å². The number of methoxy groups -OCH3 is 1. The lowest BCUT2D eigenvalue weighted by Crippen LogP contribution is -2.64. The fraction of sp³-hybridized carbons (Fsp3) is 0.667. The summed E-state index contributed by atoms with van der Waals surface area (Å²) in [5, 5.41) is 0.727. The third-order valence-corrected chi connectivity index (χ3v) is 6.49. The van der Waals surface area contributed by atoms with Gasteiger partial charge >= 0.3 is 6.09 Å². The molecule has 1 aromatic carbocycles. The Bertz CT molecular complexity index is 825. The number of carbonyl (C=O) groups excluding carboxylic acids is 2. The quantitative estimate of drug-likeness (QED) is 0.642. The molecule has 0 spiro atoms. The molecule has 3 rings (SSSR count). The molecule has 2 aliphatic heterocycles. The lowest BCUT2D eigenvalue weighted by molar-refractivity contribution is -0.133. The monoisotopic (exact) mass is 465 g/mol. The van der Waals surface area contributed by atoms with Crippen LogP contribution >= 0.6 is 11.6 Å². The van der Waals surface area contributed by atoms with Crippen LogP contribution in [0.15, 0.2) is 12.1 Å². The van der Waals surface area contributed by atoms with E-state index in [0.717, 1.165) is 41.4 Å². The lowest BCUT2D eigenvalue weighted by atomic mass is 10.0. The molecule has 7 nitrogen and oxygen atoms in total. The van der Waals surface area contributed by atoms with E-state index in [-0.39, 0.29) is 12.0 Å². The number of benzene rings is 1. The average molecular weight is 466 g/mol. The van der Waals surface area contributed by atoms with Crippen LogP contribution in [0.25, 0.3) is 0 Å². The van der Waals surface area contributed by atoms with Crippen LogP contribution in [0.4, 0.5) is 4.79 Å². The van der Waals surface area contributed by atoms with Crippen molar-refractivity contribution >= 4 is 23.6 Å². The van der Waals surface area contributed by atoms with E-state index in [4.69, 9.17) is 21.1 Å². The van der Waals surface area contributed by atoms with Crippen LogP contribution in [-0.2, 0) is 22.4 Å². The number of aryl methyl sites for hydroxylation is 2. The van der Waals surface area contributed by atoms with E-state index in [1.54, 1.807) is 12.0 Å². The molecular formula is C24H36ClN3O4. The number of rotatable bonds is 6. The van der Waals surface area contributed by atoms with E-state index in [2.05, 4.69) is 11.8 Å². The molecule has 178 valence electrons. The van der Waals surface area contributed by atoms with Crippen LogP contribution in [-0.4, -0.2) is 84.7 Å². The van der Waals surface area contributed by atoms with Gasteiger partial charge < -0.3 is 19.3 Å². The Hall–Kier alpha value is -1.99. The van der Waals surface area contributed by atoms with Crippen molar-refractivity contribution in [1.29, 1.82) is 0 Å². The summed E-state index contributed by atoms with van der Waals surface area (Å²) >= 11 is 6.36. The van der Waals surface area contributed by atoms with E-state index in [0.29, 0.717) is 45.1 Å². The number of nitrogens with zero attached hydrogens (tertiary/aromatic N) is 3. The maximum Gasteiger partial charge on any atom is 0.410 e. The molecule has 0 unspecified atom stereocenters. The Morgan fingerprint density at radius 1 is 1.06 bits per heavy atom. The topological polar surface area (TPSA) is 62.3 Å².